The van der Waals surface area contributed by atoms with Crippen molar-refractivity contribution in [3.8, 4) is 0 Å². The van der Waals surface area contributed by atoms with Gasteiger partial charge in [-0.2, -0.15) is 0 Å². The van der Waals surface area contributed by atoms with Gasteiger partial charge < -0.3 is 20.1 Å². The van der Waals surface area contributed by atoms with Crippen LogP contribution in [0.2, 0.25) is 0 Å². The largest absolute Gasteiger partial charge is 0.396 e. The predicted molar refractivity (Wildman–Crippen MR) is 56.0 cm³/mol. The van der Waals surface area contributed by atoms with Crippen LogP contribution in [0.15, 0.2) is 25.3 Å². The highest BCUT2D eigenvalue weighted by molar-refractivity contribution is 4.68. The zero-order valence-corrected chi connectivity index (χ0v) is 8.43. The Bertz CT molecular complexity index is 108. The first-order valence-electron chi connectivity index (χ1n) is 4.38. The highest BCUT2D eigenvalue weighted by Crippen LogP contribution is 1.87. The van der Waals surface area contributed by atoms with E-state index in [1.165, 1.54) is 0 Å². The first kappa shape index (κ1) is 15.8. The molecule has 0 radical (unpaired) electrons. The highest BCUT2D eigenvalue weighted by Gasteiger charge is 2.00. The molecule has 4 nitrogen and oxygen atoms in total. The van der Waals surface area contributed by atoms with E-state index in [0.717, 1.165) is 0 Å². The summed E-state index contributed by atoms with van der Waals surface area (Å²) in [5.41, 5.74) is 0. The fourth-order valence-corrected chi connectivity index (χ4v) is 0.408. The van der Waals surface area contributed by atoms with Crippen LogP contribution in [0.25, 0.3) is 0 Å². The molecule has 0 amide bonds. The molecule has 0 heterocycles. The maximum Gasteiger partial charge on any atom is 0.0649 e. The number of hydrogen-bond acceptors (Lipinski definition) is 4. The molecule has 0 fully saturated rings. The number of ether oxygens (including phenoxy) is 1. The summed E-state index contributed by atoms with van der Waals surface area (Å²) < 4.78 is 4.90. The average molecular weight is 204 g/mol. The second-order valence-corrected chi connectivity index (χ2v) is 2.53. The molecule has 0 atom stereocenters. The van der Waals surface area contributed by atoms with Crippen molar-refractivity contribution in [2.45, 2.75) is 0 Å². The van der Waals surface area contributed by atoms with Crippen LogP contribution in [-0.2, 0) is 4.74 Å². The van der Waals surface area contributed by atoms with Gasteiger partial charge in [0.15, 0.2) is 0 Å². The Kier molecular flexibility index (Phi) is 16.7. The average Bonchev–Trinajstić information content (AvgIpc) is 2.22. The normalized spacial score (nSPS) is 9.14. The van der Waals surface area contributed by atoms with Gasteiger partial charge in [0.25, 0.3) is 0 Å². The third-order valence-corrected chi connectivity index (χ3v) is 1.25. The van der Waals surface area contributed by atoms with Crippen LogP contribution in [0.1, 0.15) is 0 Å². The van der Waals surface area contributed by atoms with Crippen LogP contribution in [0.4, 0.5) is 0 Å². The zero-order chi connectivity index (χ0) is 11.2. The maximum atomic E-state index is 8.21. The smallest absolute Gasteiger partial charge is 0.0649 e. The molecule has 0 aromatic heterocycles. The summed E-state index contributed by atoms with van der Waals surface area (Å²) in [6.45, 7) is 7.74. The zero-order valence-electron chi connectivity index (χ0n) is 8.43. The summed E-state index contributed by atoms with van der Waals surface area (Å²) >= 11 is 0. The van der Waals surface area contributed by atoms with Crippen LogP contribution >= 0.6 is 0 Å². The van der Waals surface area contributed by atoms with Gasteiger partial charge >= 0.3 is 0 Å². The molecule has 84 valence electrons. The molecule has 0 spiro atoms. The summed E-state index contributed by atoms with van der Waals surface area (Å²) in [5.74, 6) is -0.347. The van der Waals surface area contributed by atoms with E-state index in [2.05, 4.69) is 13.2 Å². The Morgan fingerprint density at radius 3 is 1.43 bits per heavy atom. The van der Waals surface area contributed by atoms with E-state index in [1.54, 1.807) is 12.2 Å². The fourth-order valence-electron chi connectivity index (χ4n) is 0.408. The summed E-state index contributed by atoms with van der Waals surface area (Å²) in [5, 5.41) is 24.6. The first-order chi connectivity index (χ1) is 6.76. The minimum atomic E-state index is -0.347. The molecule has 0 saturated carbocycles. The van der Waals surface area contributed by atoms with Gasteiger partial charge in [-0.05, 0) is 0 Å². The maximum absolute atomic E-state index is 8.21. The molecule has 0 aliphatic rings. The van der Waals surface area contributed by atoms with Crippen molar-refractivity contribution < 1.29 is 20.1 Å². The van der Waals surface area contributed by atoms with Gasteiger partial charge in [-0.1, -0.05) is 12.2 Å². The second kappa shape index (κ2) is 14.8. The summed E-state index contributed by atoms with van der Waals surface area (Å²) in [4.78, 5) is 0. The third-order valence-electron chi connectivity index (χ3n) is 1.25. The Morgan fingerprint density at radius 1 is 0.929 bits per heavy atom. The topological polar surface area (TPSA) is 69.9 Å². The van der Waals surface area contributed by atoms with E-state index in [9.17, 15) is 0 Å². The summed E-state index contributed by atoms with van der Waals surface area (Å²) in [7, 11) is 0. The van der Waals surface area contributed by atoms with Gasteiger partial charge in [-0.3, -0.25) is 0 Å². The van der Waals surface area contributed by atoms with Gasteiger partial charge in [-0.25, -0.2) is 0 Å². The quantitative estimate of drug-likeness (QED) is 0.402. The van der Waals surface area contributed by atoms with Gasteiger partial charge in [0, 0.05) is 5.92 Å². The molecule has 0 unspecified atom stereocenters. The standard InChI is InChI=1S/C6H10O.C4H10O3/c1-3-5-7-6-4-2;5-1-4(2-6)3-7/h3-4H,1-2,5-6H2;4-7H,1-3H2. The lowest BCUT2D eigenvalue weighted by Gasteiger charge is -2.02. The van der Waals surface area contributed by atoms with Crippen LogP contribution in [0.3, 0.4) is 0 Å². The molecule has 14 heavy (non-hydrogen) atoms. The molecule has 0 aromatic carbocycles. The van der Waals surface area contributed by atoms with Crippen LogP contribution in [-0.4, -0.2) is 48.4 Å². The third kappa shape index (κ3) is 13.9. The Labute approximate surface area is 85.1 Å². The second-order valence-electron chi connectivity index (χ2n) is 2.53. The van der Waals surface area contributed by atoms with E-state index in [4.69, 9.17) is 20.1 Å². The predicted octanol–water partition coefficient (Wildman–Crippen LogP) is -0.0455. The van der Waals surface area contributed by atoms with Crippen molar-refractivity contribution >= 4 is 0 Å². The van der Waals surface area contributed by atoms with Gasteiger partial charge in [0.1, 0.15) is 0 Å². The first-order valence-corrected chi connectivity index (χ1v) is 4.38. The minimum Gasteiger partial charge on any atom is -0.396 e. The van der Waals surface area contributed by atoms with Gasteiger partial charge in [0.2, 0.25) is 0 Å². The Balaban J connectivity index is 0. The molecule has 0 aliphatic heterocycles. The molecule has 0 aromatic rings. The van der Waals surface area contributed by atoms with Crippen molar-refractivity contribution in [1.82, 2.24) is 0 Å². The fraction of sp³-hybridized carbons (Fsp3) is 0.600. The molecule has 0 rings (SSSR count). The molecule has 0 aliphatic carbocycles. The number of aliphatic hydroxyl groups is 3. The lowest BCUT2D eigenvalue weighted by atomic mass is 10.2. The molecule has 0 saturated heterocycles. The minimum absolute atomic E-state index is 0.146. The lowest BCUT2D eigenvalue weighted by Crippen LogP contribution is -2.14. The van der Waals surface area contributed by atoms with Crippen LogP contribution in [0.5, 0.6) is 0 Å². The molecule has 4 heteroatoms. The van der Waals surface area contributed by atoms with E-state index < -0.39 is 0 Å². The molecule has 3 N–H and O–H groups in total. The van der Waals surface area contributed by atoms with Crippen molar-refractivity contribution in [1.29, 1.82) is 0 Å². The summed E-state index contributed by atoms with van der Waals surface area (Å²) in [6, 6.07) is 0. The Hall–Kier alpha value is -0.680. The van der Waals surface area contributed by atoms with Crippen LogP contribution in [0, 0.1) is 5.92 Å². The van der Waals surface area contributed by atoms with Crippen molar-refractivity contribution in [2.75, 3.05) is 33.0 Å². The van der Waals surface area contributed by atoms with Crippen molar-refractivity contribution in [3.63, 3.8) is 0 Å². The molecular weight excluding hydrogens is 184 g/mol. The number of hydrogen-bond donors (Lipinski definition) is 3. The highest BCUT2D eigenvalue weighted by atomic mass is 16.5. The van der Waals surface area contributed by atoms with Crippen LogP contribution < -0.4 is 0 Å². The molecular formula is C10H20O4. The van der Waals surface area contributed by atoms with Gasteiger partial charge in [0.05, 0.1) is 33.0 Å². The lowest BCUT2D eigenvalue weighted by molar-refractivity contribution is 0.0969. The van der Waals surface area contributed by atoms with E-state index >= 15 is 0 Å². The van der Waals surface area contributed by atoms with E-state index in [0.29, 0.717) is 13.2 Å². The van der Waals surface area contributed by atoms with E-state index in [-0.39, 0.29) is 25.7 Å². The SMILES string of the molecule is C=CCOCC=C.OCC(CO)CO. The van der Waals surface area contributed by atoms with E-state index in [1.807, 2.05) is 0 Å². The van der Waals surface area contributed by atoms with Crippen molar-refractivity contribution in [2.24, 2.45) is 5.92 Å². The number of rotatable bonds is 7. The monoisotopic (exact) mass is 204 g/mol. The Morgan fingerprint density at radius 2 is 1.29 bits per heavy atom. The summed E-state index contributed by atoms with van der Waals surface area (Å²) in [6.07, 6.45) is 3.42. The van der Waals surface area contributed by atoms with Crippen molar-refractivity contribution in [3.05, 3.63) is 25.3 Å². The number of aliphatic hydroxyl groups excluding tert-OH is 3. The molecule has 0 bridgehead atoms. The van der Waals surface area contributed by atoms with Gasteiger partial charge in [-0.15, -0.1) is 13.2 Å².